The molecule has 1 amide bonds. The van der Waals surface area contributed by atoms with Crippen LogP contribution in [-0.4, -0.2) is 21.0 Å². The quantitative estimate of drug-likeness (QED) is 0.794. The molecule has 0 aromatic carbocycles. The first-order valence-corrected chi connectivity index (χ1v) is 9.14. The third-order valence-corrected chi connectivity index (χ3v) is 5.20. The van der Waals surface area contributed by atoms with Gasteiger partial charge in [-0.3, -0.25) is 9.78 Å². The molecular weight excluding hydrogens is 393 g/mol. The van der Waals surface area contributed by atoms with E-state index in [1.807, 2.05) is 6.92 Å². The van der Waals surface area contributed by atoms with Gasteiger partial charge in [-0.2, -0.15) is 0 Å². The Bertz CT molecular complexity index is 933. The van der Waals surface area contributed by atoms with Crippen LogP contribution >= 0.6 is 35.0 Å². The number of amidine groups is 1. The first-order chi connectivity index (χ1) is 12.3. The highest BCUT2D eigenvalue weighted by Crippen LogP contribution is 2.39. The van der Waals surface area contributed by atoms with Crippen LogP contribution in [0.3, 0.4) is 0 Å². The second-order valence-electron chi connectivity index (χ2n) is 5.91. The Hall–Kier alpha value is -2.09. The molecule has 0 unspecified atom stereocenters. The van der Waals surface area contributed by atoms with Crippen LogP contribution in [-0.2, 0) is 5.54 Å². The molecule has 0 aliphatic carbocycles. The number of hydrogen-bond donors (Lipinski definition) is 2. The lowest BCUT2D eigenvalue weighted by Gasteiger charge is -2.30. The van der Waals surface area contributed by atoms with E-state index in [2.05, 4.69) is 26.9 Å². The number of hydrogen-bond acceptors (Lipinski definition) is 6. The van der Waals surface area contributed by atoms with Crippen molar-refractivity contribution in [2.75, 3.05) is 5.32 Å². The Kier molecular flexibility index (Phi) is 5.22. The minimum absolute atomic E-state index is 0.161. The number of rotatable bonds is 3. The van der Waals surface area contributed by atoms with Crippen molar-refractivity contribution < 1.29 is 4.79 Å². The number of aliphatic imine (C=N–C) groups is 1. The van der Waals surface area contributed by atoms with E-state index in [1.165, 1.54) is 24.0 Å². The predicted molar refractivity (Wildman–Crippen MR) is 107 cm³/mol. The van der Waals surface area contributed by atoms with Crippen LogP contribution in [0, 0.1) is 0 Å². The summed E-state index contributed by atoms with van der Waals surface area (Å²) in [6, 6.07) is 4.85. The number of nitrogens with zero attached hydrogens (tertiary/aromatic N) is 3. The molecule has 3 rings (SSSR count). The van der Waals surface area contributed by atoms with E-state index in [4.69, 9.17) is 28.9 Å². The smallest absolute Gasteiger partial charge is 0.274 e. The molecule has 0 bridgehead atoms. The van der Waals surface area contributed by atoms with Gasteiger partial charge in [0.1, 0.15) is 11.2 Å². The zero-order chi connectivity index (χ0) is 18.9. The number of aromatic nitrogens is 2. The summed E-state index contributed by atoms with van der Waals surface area (Å²) < 4.78 is 0. The minimum atomic E-state index is -0.630. The van der Waals surface area contributed by atoms with Gasteiger partial charge in [-0.25, -0.2) is 9.98 Å². The molecule has 26 heavy (non-hydrogen) atoms. The number of anilines is 1. The number of amides is 1. The molecule has 1 aliphatic heterocycles. The van der Waals surface area contributed by atoms with Gasteiger partial charge in [-0.1, -0.05) is 41.5 Å². The van der Waals surface area contributed by atoms with Crippen molar-refractivity contribution in [2.24, 2.45) is 10.7 Å². The van der Waals surface area contributed by atoms with E-state index in [9.17, 15) is 4.79 Å². The SMILES string of the molecule is C=C1C[C@@](C)(c2cc(NC(=O)c3cc(Cl)c(Cl)cn3)ccn2)N=C(N)S1. The summed E-state index contributed by atoms with van der Waals surface area (Å²) in [6.07, 6.45) is 3.55. The molecule has 134 valence electrons. The van der Waals surface area contributed by atoms with Gasteiger partial charge < -0.3 is 11.1 Å². The number of halogens is 2. The van der Waals surface area contributed by atoms with Crippen LogP contribution in [0.4, 0.5) is 5.69 Å². The van der Waals surface area contributed by atoms with Crippen LogP contribution in [0.2, 0.25) is 10.0 Å². The molecule has 2 aromatic rings. The molecule has 3 N–H and O–H groups in total. The third kappa shape index (κ3) is 4.00. The van der Waals surface area contributed by atoms with E-state index in [0.29, 0.717) is 23.0 Å². The average molecular weight is 408 g/mol. The Balaban J connectivity index is 1.85. The van der Waals surface area contributed by atoms with Gasteiger partial charge in [-0.05, 0) is 30.0 Å². The first-order valence-electron chi connectivity index (χ1n) is 7.57. The standard InChI is InChI=1S/C17H15Cl2N5OS/c1-9-7-17(2,24-16(20)26-9)14-5-10(3-4-21-14)23-15(25)13-6-11(18)12(19)8-22-13/h3-6,8H,1,7H2,2H3,(H2,20,24)(H,21,23,25)/t17-/m0/s1. The summed E-state index contributed by atoms with van der Waals surface area (Å²) in [7, 11) is 0. The number of nitrogens with two attached hydrogens (primary N) is 1. The summed E-state index contributed by atoms with van der Waals surface area (Å²) >= 11 is 13.1. The Morgan fingerprint density at radius 3 is 2.81 bits per heavy atom. The number of nitrogens with one attached hydrogen (secondary N) is 1. The van der Waals surface area contributed by atoms with Crippen LogP contribution in [0.5, 0.6) is 0 Å². The molecule has 0 saturated heterocycles. The van der Waals surface area contributed by atoms with E-state index in [1.54, 1.807) is 18.3 Å². The fourth-order valence-electron chi connectivity index (χ4n) is 2.56. The second kappa shape index (κ2) is 7.26. The summed E-state index contributed by atoms with van der Waals surface area (Å²) in [6.45, 7) is 5.91. The fourth-order valence-corrected chi connectivity index (χ4v) is 3.71. The van der Waals surface area contributed by atoms with Gasteiger partial charge in [0.2, 0.25) is 0 Å². The van der Waals surface area contributed by atoms with Crippen LogP contribution in [0.1, 0.15) is 29.5 Å². The minimum Gasteiger partial charge on any atom is -0.378 e. The van der Waals surface area contributed by atoms with Gasteiger partial charge in [0.05, 0.1) is 15.7 Å². The van der Waals surface area contributed by atoms with Crippen molar-refractivity contribution >= 4 is 51.7 Å². The Labute approximate surface area is 164 Å². The summed E-state index contributed by atoms with van der Waals surface area (Å²) in [4.78, 5) is 26.2. The monoisotopic (exact) mass is 407 g/mol. The molecule has 9 heteroatoms. The molecule has 6 nitrogen and oxygen atoms in total. The number of pyridine rings is 2. The maximum absolute atomic E-state index is 12.4. The topological polar surface area (TPSA) is 93.3 Å². The zero-order valence-electron chi connectivity index (χ0n) is 13.8. The van der Waals surface area contributed by atoms with E-state index in [0.717, 1.165) is 4.91 Å². The zero-order valence-corrected chi connectivity index (χ0v) is 16.1. The second-order valence-corrected chi connectivity index (χ2v) is 7.92. The summed E-state index contributed by atoms with van der Waals surface area (Å²) in [5, 5.41) is 3.77. The van der Waals surface area contributed by atoms with Crippen LogP contribution < -0.4 is 11.1 Å². The van der Waals surface area contributed by atoms with Crippen molar-refractivity contribution in [2.45, 2.75) is 18.9 Å². The average Bonchev–Trinajstić information content (AvgIpc) is 2.56. The van der Waals surface area contributed by atoms with Crippen molar-refractivity contribution in [3.05, 3.63) is 63.5 Å². The van der Waals surface area contributed by atoms with Gasteiger partial charge in [0.15, 0.2) is 5.17 Å². The highest BCUT2D eigenvalue weighted by atomic mass is 35.5. The lowest BCUT2D eigenvalue weighted by atomic mass is 9.93. The van der Waals surface area contributed by atoms with Gasteiger partial charge in [0.25, 0.3) is 5.91 Å². The molecule has 0 saturated carbocycles. The van der Waals surface area contributed by atoms with Gasteiger partial charge in [-0.15, -0.1) is 0 Å². The third-order valence-electron chi connectivity index (χ3n) is 3.76. The summed E-state index contributed by atoms with van der Waals surface area (Å²) in [5.41, 5.74) is 6.66. The molecule has 0 spiro atoms. The molecule has 0 radical (unpaired) electrons. The molecule has 1 aliphatic rings. The summed E-state index contributed by atoms with van der Waals surface area (Å²) in [5.74, 6) is -0.405. The first kappa shape index (κ1) is 18.7. The highest BCUT2D eigenvalue weighted by molar-refractivity contribution is 8.17. The number of carbonyl (C=O) groups is 1. The van der Waals surface area contributed by atoms with Crippen LogP contribution in [0.15, 0.2) is 47.1 Å². The number of carbonyl (C=O) groups excluding carboxylic acids is 1. The number of thioether (sulfide) groups is 1. The largest absolute Gasteiger partial charge is 0.378 e. The highest BCUT2D eigenvalue weighted by Gasteiger charge is 2.33. The van der Waals surface area contributed by atoms with Crippen molar-refractivity contribution in [3.8, 4) is 0 Å². The Morgan fingerprint density at radius 2 is 2.12 bits per heavy atom. The van der Waals surface area contributed by atoms with Crippen molar-refractivity contribution in [3.63, 3.8) is 0 Å². The lowest BCUT2D eigenvalue weighted by molar-refractivity contribution is 0.102. The molecule has 0 fully saturated rings. The molecule has 3 heterocycles. The maximum atomic E-state index is 12.4. The van der Waals surface area contributed by atoms with Gasteiger partial charge in [0, 0.05) is 24.5 Å². The van der Waals surface area contributed by atoms with Crippen molar-refractivity contribution in [1.29, 1.82) is 0 Å². The Morgan fingerprint density at radius 1 is 1.35 bits per heavy atom. The van der Waals surface area contributed by atoms with Gasteiger partial charge >= 0.3 is 0 Å². The van der Waals surface area contributed by atoms with Crippen LogP contribution in [0.25, 0.3) is 0 Å². The van der Waals surface area contributed by atoms with Crippen molar-refractivity contribution in [1.82, 2.24) is 9.97 Å². The lowest BCUT2D eigenvalue weighted by Crippen LogP contribution is -2.28. The molecular formula is C17H15Cl2N5OS. The predicted octanol–water partition coefficient (Wildman–Crippen LogP) is 4.22. The fraction of sp³-hybridized carbons (Fsp3) is 0.176. The van der Waals surface area contributed by atoms with E-state index in [-0.39, 0.29) is 15.7 Å². The van der Waals surface area contributed by atoms with E-state index < -0.39 is 11.4 Å². The molecule has 2 aromatic heterocycles. The molecule has 1 atom stereocenters. The maximum Gasteiger partial charge on any atom is 0.274 e. The van der Waals surface area contributed by atoms with E-state index >= 15 is 0 Å². The normalized spacial score (nSPS) is 19.8.